The predicted octanol–water partition coefficient (Wildman–Crippen LogP) is 1.62. The minimum atomic E-state index is -0.0800. The second-order valence-corrected chi connectivity index (χ2v) is 5.02. The number of benzene rings is 1. The van der Waals surface area contributed by atoms with E-state index in [1.54, 1.807) is 4.90 Å². The summed E-state index contributed by atoms with van der Waals surface area (Å²) in [6.07, 6.45) is 1.80. The molecule has 1 aliphatic rings. The van der Waals surface area contributed by atoms with Crippen LogP contribution < -0.4 is 5.32 Å². The topological polar surface area (TPSA) is 49.4 Å². The number of nitrogens with zero attached hydrogens (tertiary/aromatic N) is 1. The number of halogens is 1. The first-order valence-electron chi connectivity index (χ1n) is 6.44. The van der Waals surface area contributed by atoms with Gasteiger partial charge >= 0.3 is 0 Å². The summed E-state index contributed by atoms with van der Waals surface area (Å²) in [5.74, 6) is -0.0689. The third-order valence-corrected chi connectivity index (χ3v) is 3.55. The number of rotatable bonds is 3. The average molecular weight is 281 g/mol. The quantitative estimate of drug-likeness (QED) is 0.915. The zero-order chi connectivity index (χ0) is 13.7. The summed E-state index contributed by atoms with van der Waals surface area (Å²) in [7, 11) is 0. The molecule has 0 atom stereocenters. The fourth-order valence-electron chi connectivity index (χ4n) is 2.12. The number of carbonyl (C=O) groups excluding carboxylic acids is 2. The van der Waals surface area contributed by atoms with Crippen molar-refractivity contribution in [1.29, 1.82) is 0 Å². The van der Waals surface area contributed by atoms with Crippen LogP contribution in [-0.4, -0.2) is 36.3 Å². The van der Waals surface area contributed by atoms with Gasteiger partial charge in [0.2, 0.25) is 11.8 Å². The van der Waals surface area contributed by atoms with Crippen molar-refractivity contribution >= 4 is 23.4 Å². The van der Waals surface area contributed by atoms with E-state index in [-0.39, 0.29) is 18.4 Å². The summed E-state index contributed by atoms with van der Waals surface area (Å²) >= 11 is 6.05. The predicted molar refractivity (Wildman–Crippen MR) is 74.0 cm³/mol. The molecular weight excluding hydrogens is 264 g/mol. The Morgan fingerprint density at radius 2 is 2.16 bits per heavy atom. The lowest BCUT2D eigenvalue weighted by molar-refractivity contribution is -0.135. The minimum Gasteiger partial charge on any atom is -0.354 e. The first-order valence-corrected chi connectivity index (χ1v) is 6.82. The molecule has 0 aromatic heterocycles. The Morgan fingerprint density at radius 3 is 2.95 bits per heavy atom. The third-order valence-electron chi connectivity index (χ3n) is 3.18. The Morgan fingerprint density at radius 1 is 1.37 bits per heavy atom. The van der Waals surface area contributed by atoms with Gasteiger partial charge in [0.1, 0.15) is 0 Å². The Balaban J connectivity index is 1.90. The molecule has 0 aliphatic carbocycles. The van der Waals surface area contributed by atoms with Crippen molar-refractivity contribution in [3.8, 4) is 0 Å². The third kappa shape index (κ3) is 3.96. The van der Waals surface area contributed by atoms with Gasteiger partial charge < -0.3 is 10.2 Å². The molecule has 1 aliphatic heterocycles. The smallest absolute Gasteiger partial charge is 0.239 e. The fraction of sp³-hybridized carbons (Fsp3) is 0.429. The molecule has 0 unspecified atom stereocenters. The maximum absolute atomic E-state index is 12.1. The average Bonchev–Trinajstić information content (AvgIpc) is 2.62. The molecule has 2 rings (SSSR count). The van der Waals surface area contributed by atoms with Crippen LogP contribution in [0.5, 0.6) is 0 Å². The standard InChI is InChI=1S/C14H17ClN2O2/c15-12-5-2-1-4-11(12)6-7-14(19)17-9-3-8-16-13(18)10-17/h1-2,4-5H,3,6-10H2,(H,16,18). The molecule has 1 saturated heterocycles. The fourth-order valence-corrected chi connectivity index (χ4v) is 2.35. The zero-order valence-electron chi connectivity index (χ0n) is 10.7. The minimum absolute atomic E-state index is 0.0111. The molecule has 19 heavy (non-hydrogen) atoms. The van der Waals surface area contributed by atoms with E-state index < -0.39 is 0 Å². The number of amides is 2. The molecule has 0 bridgehead atoms. The largest absolute Gasteiger partial charge is 0.354 e. The molecule has 1 aromatic carbocycles. The summed E-state index contributed by atoms with van der Waals surface area (Å²) < 4.78 is 0. The van der Waals surface area contributed by atoms with Crippen molar-refractivity contribution in [2.45, 2.75) is 19.3 Å². The SMILES string of the molecule is O=C1CN(C(=O)CCc2ccccc2Cl)CCCN1. The monoisotopic (exact) mass is 280 g/mol. The molecule has 0 spiro atoms. The molecular formula is C14H17ClN2O2. The molecule has 5 heteroatoms. The van der Waals surface area contributed by atoms with E-state index in [4.69, 9.17) is 11.6 Å². The normalized spacial score (nSPS) is 15.8. The first-order chi connectivity index (χ1) is 9.16. The van der Waals surface area contributed by atoms with Crippen LogP contribution in [0, 0.1) is 0 Å². The lowest BCUT2D eigenvalue weighted by atomic mass is 10.1. The Bertz CT molecular complexity index is 476. The van der Waals surface area contributed by atoms with Crippen molar-refractivity contribution in [3.05, 3.63) is 34.9 Å². The highest BCUT2D eigenvalue weighted by Gasteiger charge is 2.19. The lowest BCUT2D eigenvalue weighted by Gasteiger charge is -2.19. The van der Waals surface area contributed by atoms with E-state index in [0.717, 1.165) is 12.0 Å². The van der Waals surface area contributed by atoms with Gasteiger partial charge in [0.25, 0.3) is 0 Å². The van der Waals surface area contributed by atoms with E-state index in [1.807, 2.05) is 24.3 Å². The van der Waals surface area contributed by atoms with E-state index >= 15 is 0 Å². The van der Waals surface area contributed by atoms with Crippen molar-refractivity contribution < 1.29 is 9.59 Å². The van der Waals surface area contributed by atoms with Crippen LogP contribution in [-0.2, 0) is 16.0 Å². The van der Waals surface area contributed by atoms with Crippen molar-refractivity contribution in [3.63, 3.8) is 0 Å². The molecule has 102 valence electrons. The Labute approximate surface area is 117 Å². The highest BCUT2D eigenvalue weighted by Crippen LogP contribution is 2.17. The molecule has 2 amide bonds. The molecule has 1 aromatic rings. The Kier molecular flexibility index (Phi) is 4.80. The lowest BCUT2D eigenvalue weighted by Crippen LogP contribution is -2.37. The molecule has 1 heterocycles. The second kappa shape index (κ2) is 6.57. The number of hydrogen-bond donors (Lipinski definition) is 1. The van der Waals surface area contributed by atoms with Crippen LogP contribution in [0.4, 0.5) is 0 Å². The highest BCUT2D eigenvalue weighted by atomic mass is 35.5. The summed E-state index contributed by atoms with van der Waals surface area (Å²) in [6.45, 7) is 1.45. The van der Waals surface area contributed by atoms with Gasteiger partial charge in [-0.3, -0.25) is 9.59 Å². The molecule has 4 nitrogen and oxygen atoms in total. The highest BCUT2D eigenvalue weighted by molar-refractivity contribution is 6.31. The summed E-state index contributed by atoms with van der Waals surface area (Å²) in [6, 6.07) is 7.52. The maximum Gasteiger partial charge on any atom is 0.239 e. The van der Waals surface area contributed by atoms with E-state index in [2.05, 4.69) is 5.32 Å². The van der Waals surface area contributed by atoms with E-state index in [9.17, 15) is 9.59 Å². The molecule has 1 N–H and O–H groups in total. The van der Waals surface area contributed by atoms with Crippen LogP contribution in [0.25, 0.3) is 0 Å². The zero-order valence-corrected chi connectivity index (χ0v) is 11.4. The number of hydrogen-bond acceptors (Lipinski definition) is 2. The number of aryl methyl sites for hydroxylation is 1. The van der Waals surface area contributed by atoms with Gasteiger partial charge in [-0.15, -0.1) is 0 Å². The van der Waals surface area contributed by atoms with Crippen LogP contribution in [0.1, 0.15) is 18.4 Å². The van der Waals surface area contributed by atoms with Gasteiger partial charge in [0.15, 0.2) is 0 Å². The summed E-state index contributed by atoms with van der Waals surface area (Å²) in [4.78, 5) is 25.1. The summed E-state index contributed by atoms with van der Waals surface area (Å²) in [5, 5.41) is 3.44. The van der Waals surface area contributed by atoms with E-state index in [0.29, 0.717) is 31.0 Å². The Hall–Kier alpha value is -1.55. The molecule has 1 fully saturated rings. The van der Waals surface area contributed by atoms with Gasteiger partial charge in [0.05, 0.1) is 6.54 Å². The van der Waals surface area contributed by atoms with Crippen LogP contribution in [0.2, 0.25) is 5.02 Å². The second-order valence-electron chi connectivity index (χ2n) is 4.61. The van der Waals surface area contributed by atoms with Crippen molar-refractivity contribution in [2.75, 3.05) is 19.6 Å². The van der Waals surface area contributed by atoms with Crippen LogP contribution in [0.3, 0.4) is 0 Å². The van der Waals surface area contributed by atoms with Gasteiger partial charge in [-0.05, 0) is 24.5 Å². The first kappa shape index (κ1) is 13.9. The van der Waals surface area contributed by atoms with Crippen molar-refractivity contribution in [1.82, 2.24) is 10.2 Å². The molecule has 0 radical (unpaired) electrons. The van der Waals surface area contributed by atoms with E-state index in [1.165, 1.54) is 0 Å². The van der Waals surface area contributed by atoms with Crippen LogP contribution >= 0.6 is 11.6 Å². The maximum atomic E-state index is 12.1. The van der Waals surface area contributed by atoms with Crippen LogP contribution in [0.15, 0.2) is 24.3 Å². The van der Waals surface area contributed by atoms with Gasteiger partial charge in [-0.2, -0.15) is 0 Å². The van der Waals surface area contributed by atoms with Gasteiger partial charge in [0, 0.05) is 24.5 Å². The number of nitrogens with one attached hydrogen (secondary N) is 1. The summed E-state index contributed by atoms with van der Waals surface area (Å²) in [5.41, 5.74) is 0.969. The molecule has 0 saturated carbocycles. The number of carbonyl (C=O) groups is 2. The van der Waals surface area contributed by atoms with Crippen molar-refractivity contribution in [2.24, 2.45) is 0 Å². The van der Waals surface area contributed by atoms with Gasteiger partial charge in [-0.1, -0.05) is 29.8 Å². The van der Waals surface area contributed by atoms with Gasteiger partial charge in [-0.25, -0.2) is 0 Å².